The van der Waals surface area contributed by atoms with Gasteiger partial charge in [0.1, 0.15) is 5.82 Å². The molecule has 0 aliphatic carbocycles. The molecule has 13 rings (SSSR count). The number of hydrogen-bond acceptors (Lipinski definition) is 4. The lowest BCUT2D eigenvalue weighted by atomic mass is 9.88. The topological polar surface area (TPSA) is 43.6 Å². The van der Waals surface area contributed by atoms with E-state index in [1.807, 2.05) is 47.7 Å². The summed E-state index contributed by atoms with van der Waals surface area (Å²) in [6.07, 6.45) is 0.493. The number of thiophene rings is 1. The molecule has 69 heavy (non-hydrogen) atoms. The first kappa shape index (κ1) is 40.5. The van der Waals surface area contributed by atoms with Gasteiger partial charge in [0.15, 0.2) is 11.6 Å². The third-order valence-corrected chi connectivity index (χ3v) is 14.4. The Kier molecular flexibility index (Phi) is 10.1. The molecular formula is C64H42N4S. The fraction of sp³-hybridized carbons (Fsp3) is 0.0156. The third-order valence-electron chi connectivity index (χ3n) is 13.3. The Morgan fingerprint density at radius 1 is 0.348 bits per heavy atom. The van der Waals surface area contributed by atoms with Crippen LogP contribution in [0.15, 0.2) is 243 Å². The zero-order chi connectivity index (χ0) is 45.7. The van der Waals surface area contributed by atoms with Crippen molar-refractivity contribution < 1.29 is 0 Å². The number of aromatic nitrogens is 4. The van der Waals surface area contributed by atoms with Gasteiger partial charge in [0.25, 0.3) is 0 Å². The Morgan fingerprint density at radius 2 is 0.899 bits per heavy atom. The summed E-state index contributed by atoms with van der Waals surface area (Å²) >= 11 is 1.86. The maximum absolute atomic E-state index is 5.22. The molecule has 0 radical (unpaired) electrons. The highest BCUT2D eigenvalue weighted by Gasteiger charge is 2.21. The van der Waals surface area contributed by atoms with E-state index in [9.17, 15) is 0 Å². The van der Waals surface area contributed by atoms with E-state index in [4.69, 9.17) is 15.0 Å². The molecule has 0 aliphatic heterocycles. The number of benzene rings is 10. The Hall–Kier alpha value is -8.77. The number of rotatable bonds is 9. The number of para-hydroxylation sites is 2. The van der Waals surface area contributed by atoms with Gasteiger partial charge in [-0.05, 0) is 86.5 Å². The predicted octanol–water partition coefficient (Wildman–Crippen LogP) is 16.9. The Morgan fingerprint density at radius 3 is 1.59 bits per heavy atom. The van der Waals surface area contributed by atoms with Gasteiger partial charge >= 0.3 is 0 Å². The minimum Gasteiger partial charge on any atom is -0.309 e. The lowest BCUT2D eigenvalue weighted by Crippen LogP contribution is -2.05. The summed E-state index contributed by atoms with van der Waals surface area (Å²) in [4.78, 5) is 15.5. The summed E-state index contributed by atoms with van der Waals surface area (Å²) in [6.45, 7) is 0. The van der Waals surface area contributed by atoms with Gasteiger partial charge in [-0.3, -0.25) is 0 Å². The monoisotopic (exact) mass is 898 g/mol. The highest BCUT2D eigenvalue weighted by molar-refractivity contribution is 7.26. The van der Waals surface area contributed by atoms with E-state index in [2.05, 4.69) is 211 Å². The minimum absolute atomic E-state index is 0.493. The van der Waals surface area contributed by atoms with Crippen LogP contribution in [0.5, 0.6) is 0 Å². The summed E-state index contributed by atoms with van der Waals surface area (Å²) < 4.78 is 4.96. The molecule has 0 unspecified atom stereocenters. The van der Waals surface area contributed by atoms with Crippen molar-refractivity contribution in [1.29, 1.82) is 0 Å². The van der Waals surface area contributed by atoms with Gasteiger partial charge in [-0.1, -0.05) is 206 Å². The van der Waals surface area contributed by atoms with Crippen LogP contribution in [0.25, 0.3) is 115 Å². The molecule has 0 bridgehead atoms. The molecule has 10 aromatic carbocycles. The van der Waals surface area contributed by atoms with Gasteiger partial charge < -0.3 is 4.57 Å². The van der Waals surface area contributed by atoms with Crippen LogP contribution in [-0.2, 0) is 6.42 Å². The van der Waals surface area contributed by atoms with E-state index in [1.165, 1.54) is 69.8 Å². The van der Waals surface area contributed by atoms with Crippen molar-refractivity contribution in [2.75, 3.05) is 0 Å². The molecule has 13 aromatic rings. The summed E-state index contributed by atoms with van der Waals surface area (Å²) in [5.74, 6) is 2.02. The molecule has 3 heterocycles. The van der Waals surface area contributed by atoms with Crippen LogP contribution in [0, 0.1) is 0 Å². The second kappa shape index (κ2) is 17.1. The molecule has 0 aliphatic rings. The van der Waals surface area contributed by atoms with E-state index >= 15 is 0 Å². The predicted molar refractivity (Wildman–Crippen MR) is 289 cm³/mol. The van der Waals surface area contributed by atoms with E-state index in [0.29, 0.717) is 23.9 Å². The molecule has 0 atom stereocenters. The van der Waals surface area contributed by atoms with Crippen LogP contribution in [0.3, 0.4) is 0 Å². The molecule has 324 valence electrons. The summed E-state index contributed by atoms with van der Waals surface area (Å²) in [5, 5.41) is 5.06. The highest BCUT2D eigenvalue weighted by Crippen LogP contribution is 2.45. The van der Waals surface area contributed by atoms with Gasteiger partial charge in [-0.15, -0.1) is 11.3 Å². The summed E-state index contributed by atoms with van der Waals surface area (Å²) in [5.41, 5.74) is 15.9. The highest BCUT2D eigenvalue weighted by atomic mass is 32.1. The lowest BCUT2D eigenvalue weighted by Gasteiger charge is -2.17. The van der Waals surface area contributed by atoms with Gasteiger partial charge in [-0.2, -0.15) is 0 Å². The van der Waals surface area contributed by atoms with Crippen molar-refractivity contribution in [3.63, 3.8) is 0 Å². The third kappa shape index (κ3) is 7.37. The van der Waals surface area contributed by atoms with E-state index in [0.717, 1.165) is 39.1 Å². The van der Waals surface area contributed by atoms with Crippen LogP contribution in [0.4, 0.5) is 0 Å². The van der Waals surface area contributed by atoms with Crippen molar-refractivity contribution in [1.82, 2.24) is 19.5 Å². The van der Waals surface area contributed by atoms with Crippen molar-refractivity contribution >= 4 is 53.3 Å². The van der Waals surface area contributed by atoms with Crippen LogP contribution in [-0.4, -0.2) is 19.5 Å². The van der Waals surface area contributed by atoms with E-state index in [1.54, 1.807) is 0 Å². The van der Waals surface area contributed by atoms with Gasteiger partial charge in [-0.25, -0.2) is 15.0 Å². The van der Waals surface area contributed by atoms with Crippen LogP contribution < -0.4 is 0 Å². The smallest absolute Gasteiger partial charge is 0.163 e. The van der Waals surface area contributed by atoms with Crippen LogP contribution in [0.2, 0.25) is 0 Å². The summed E-state index contributed by atoms with van der Waals surface area (Å²) in [7, 11) is 0. The fourth-order valence-electron chi connectivity index (χ4n) is 10.1. The first-order chi connectivity index (χ1) is 34.2. The van der Waals surface area contributed by atoms with Crippen molar-refractivity contribution in [3.05, 3.63) is 254 Å². The maximum atomic E-state index is 5.22. The molecule has 0 fully saturated rings. The molecule has 5 heteroatoms. The SMILES string of the molecule is c1ccc(-c2ccc(-c3ccccc3)c(-c3ccc(-c4ccc5c(c4)sc4ccc6c7ccccc7n(-c7ccccc7)c6c45)c(Cc4nc(-c5ccccc5)nc(-c5ccccc5)n4)c3)c2)cc1. The molecule has 0 N–H and O–H groups in total. The molecular weight excluding hydrogens is 857 g/mol. The Labute approximate surface area is 404 Å². The summed E-state index contributed by atoms with van der Waals surface area (Å²) in [6, 6.07) is 86.9. The first-order valence-electron chi connectivity index (χ1n) is 23.4. The number of nitrogens with zero attached hydrogens (tertiary/aromatic N) is 4. The van der Waals surface area contributed by atoms with Gasteiger partial charge in [0.2, 0.25) is 0 Å². The maximum Gasteiger partial charge on any atom is 0.163 e. The van der Waals surface area contributed by atoms with Gasteiger partial charge in [0.05, 0.1) is 11.0 Å². The van der Waals surface area contributed by atoms with Crippen molar-refractivity contribution in [2.45, 2.75) is 6.42 Å². The second-order valence-corrected chi connectivity index (χ2v) is 18.6. The average molecular weight is 899 g/mol. The Balaban J connectivity index is 1.02. The minimum atomic E-state index is 0.493. The lowest BCUT2D eigenvalue weighted by molar-refractivity contribution is 0.933. The van der Waals surface area contributed by atoms with E-state index < -0.39 is 0 Å². The largest absolute Gasteiger partial charge is 0.309 e. The van der Waals surface area contributed by atoms with Crippen molar-refractivity contribution in [2.24, 2.45) is 0 Å². The second-order valence-electron chi connectivity index (χ2n) is 17.5. The Bertz CT molecular complexity index is 3960. The molecule has 3 aromatic heterocycles. The molecule has 0 saturated heterocycles. The van der Waals surface area contributed by atoms with Crippen LogP contribution in [0.1, 0.15) is 11.4 Å². The number of fused-ring (bicyclic) bond motifs is 7. The first-order valence-corrected chi connectivity index (χ1v) is 24.2. The fourth-order valence-corrected chi connectivity index (χ4v) is 11.2. The molecule has 0 amide bonds. The van der Waals surface area contributed by atoms with Crippen molar-refractivity contribution in [3.8, 4) is 73.0 Å². The average Bonchev–Trinajstić information content (AvgIpc) is 3.97. The standard InChI is InChI=1S/C64H42N4S/c1-6-18-42(19-7-1)46-30-34-52(43-20-8-2-9-21-43)56(39-46)47-31-33-51(49(38-47)41-60-65-63(44-22-10-3-11-23-44)67-64(66-60)45-24-12-4-13-25-45)48-32-35-55-59(40-48)69-58-37-36-54-53-28-16-17-29-57(53)68(62(54)61(55)58)50-26-14-5-15-27-50/h1-40H,41H2. The zero-order valence-corrected chi connectivity index (χ0v) is 38.3. The van der Waals surface area contributed by atoms with E-state index in [-0.39, 0.29) is 0 Å². The molecule has 4 nitrogen and oxygen atoms in total. The number of hydrogen-bond donors (Lipinski definition) is 0. The zero-order valence-electron chi connectivity index (χ0n) is 37.5. The van der Waals surface area contributed by atoms with Gasteiger partial charge in [0, 0.05) is 54.2 Å². The molecule has 0 saturated carbocycles. The molecule has 0 spiro atoms. The van der Waals surface area contributed by atoms with Crippen LogP contribution >= 0.6 is 11.3 Å². The normalized spacial score (nSPS) is 11.5. The quantitative estimate of drug-likeness (QED) is 0.145.